The van der Waals surface area contributed by atoms with Gasteiger partial charge in [-0.2, -0.15) is 0 Å². The fourth-order valence-electron chi connectivity index (χ4n) is 2.33. The third-order valence-electron chi connectivity index (χ3n) is 3.39. The van der Waals surface area contributed by atoms with E-state index in [1.54, 1.807) is 23.5 Å². The molecule has 19 heavy (non-hydrogen) atoms. The van der Waals surface area contributed by atoms with E-state index in [1.165, 1.54) is 16.5 Å². The molecule has 1 aliphatic rings. The van der Waals surface area contributed by atoms with E-state index in [2.05, 4.69) is 23.7 Å². The summed E-state index contributed by atoms with van der Waals surface area (Å²) in [5, 5.41) is 5.52. The van der Waals surface area contributed by atoms with Crippen LogP contribution in [0, 0.1) is 12.7 Å². The summed E-state index contributed by atoms with van der Waals surface area (Å²) < 4.78 is 18.9. The minimum atomic E-state index is -0.190. The number of thiophene rings is 1. The Balaban J connectivity index is 1.52. The van der Waals surface area contributed by atoms with Crippen LogP contribution >= 0.6 is 11.3 Å². The Bertz CT molecular complexity index is 581. The largest absolute Gasteiger partial charge is 0.488 e. The van der Waals surface area contributed by atoms with E-state index in [1.807, 2.05) is 0 Å². The first kappa shape index (κ1) is 12.6. The van der Waals surface area contributed by atoms with Gasteiger partial charge >= 0.3 is 0 Å². The summed E-state index contributed by atoms with van der Waals surface area (Å²) in [5.74, 6) is 0.630. The maximum atomic E-state index is 13.1. The molecule has 2 nitrogen and oxygen atoms in total. The van der Waals surface area contributed by atoms with Crippen LogP contribution in [-0.2, 0) is 13.0 Å². The summed E-state index contributed by atoms with van der Waals surface area (Å²) in [6.45, 7) is 3.78. The molecule has 1 unspecified atom stereocenters. The van der Waals surface area contributed by atoms with Crippen LogP contribution in [-0.4, -0.2) is 12.6 Å². The zero-order valence-corrected chi connectivity index (χ0v) is 11.6. The first-order valence-electron chi connectivity index (χ1n) is 6.41. The lowest BCUT2D eigenvalue weighted by atomic mass is 10.1. The summed E-state index contributed by atoms with van der Waals surface area (Å²) in [6, 6.07) is 6.86. The van der Waals surface area contributed by atoms with Crippen molar-refractivity contribution in [3.63, 3.8) is 0 Å². The third-order valence-corrected chi connectivity index (χ3v) is 4.41. The fraction of sp³-hybridized carbons (Fsp3) is 0.333. The number of ether oxygens (including phenoxy) is 1. The molecule has 3 rings (SSSR count). The number of aryl methyl sites for hydroxylation is 1. The molecule has 0 saturated carbocycles. The molecule has 2 heterocycles. The Morgan fingerprint density at radius 3 is 3.11 bits per heavy atom. The van der Waals surface area contributed by atoms with Gasteiger partial charge in [-0.3, -0.25) is 0 Å². The van der Waals surface area contributed by atoms with E-state index in [-0.39, 0.29) is 11.9 Å². The first-order valence-corrected chi connectivity index (χ1v) is 7.29. The molecule has 1 aromatic heterocycles. The van der Waals surface area contributed by atoms with Gasteiger partial charge < -0.3 is 10.1 Å². The molecule has 100 valence electrons. The van der Waals surface area contributed by atoms with Crippen LogP contribution in [0.25, 0.3) is 0 Å². The lowest BCUT2D eigenvalue weighted by molar-refractivity contribution is 0.227. The minimum Gasteiger partial charge on any atom is -0.488 e. The number of hydrogen-bond acceptors (Lipinski definition) is 3. The van der Waals surface area contributed by atoms with Crippen LogP contribution in [0.4, 0.5) is 4.39 Å². The molecule has 1 atom stereocenters. The van der Waals surface area contributed by atoms with Gasteiger partial charge in [0, 0.05) is 30.0 Å². The molecule has 0 aliphatic carbocycles. The van der Waals surface area contributed by atoms with Crippen molar-refractivity contribution in [3.05, 3.63) is 51.5 Å². The van der Waals surface area contributed by atoms with Crippen molar-refractivity contribution in [3.8, 4) is 5.75 Å². The SMILES string of the molecule is Cc1ccsc1CNCC1Cc2cc(F)ccc2O1. The fourth-order valence-corrected chi connectivity index (χ4v) is 3.21. The van der Waals surface area contributed by atoms with Gasteiger partial charge in [0.15, 0.2) is 0 Å². The highest BCUT2D eigenvalue weighted by Gasteiger charge is 2.22. The number of rotatable bonds is 4. The van der Waals surface area contributed by atoms with Crippen molar-refractivity contribution in [2.24, 2.45) is 0 Å². The average molecular weight is 277 g/mol. The van der Waals surface area contributed by atoms with Gasteiger partial charge in [-0.05, 0) is 42.1 Å². The molecule has 2 aromatic rings. The second kappa shape index (κ2) is 5.31. The van der Waals surface area contributed by atoms with Gasteiger partial charge in [0.25, 0.3) is 0 Å². The number of nitrogens with one attached hydrogen (secondary N) is 1. The van der Waals surface area contributed by atoms with Crippen molar-refractivity contribution >= 4 is 11.3 Å². The van der Waals surface area contributed by atoms with Gasteiger partial charge in [-0.25, -0.2) is 4.39 Å². The zero-order valence-electron chi connectivity index (χ0n) is 10.8. The predicted octanol–water partition coefficient (Wildman–Crippen LogP) is 3.29. The Labute approximate surface area is 116 Å². The molecular weight excluding hydrogens is 261 g/mol. The Hall–Kier alpha value is -1.39. The minimum absolute atomic E-state index is 0.108. The smallest absolute Gasteiger partial charge is 0.123 e. The van der Waals surface area contributed by atoms with Crippen molar-refractivity contribution < 1.29 is 9.13 Å². The highest BCUT2D eigenvalue weighted by Crippen LogP contribution is 2.29. The Morgan fingerprint density at radius 1 is 1.42 bits per heavy atom. The van der Waals surface area contributed by atoms with Crippen LogP contribution in [0.2, 0.25) is 0 Å². The first-order chi connectivity index (χ1) is 9.22. The zero-order chi connectivity index (χ0) is 13.2. The summed E-state index contributed by atoms with van der Waals surface area (Å²) >= 11 is 1.77. The molecular formula is C15H16FNOS. The number of fused-ring (bicyclic) bond motifs is 1. The van der Waals surface area contributed by atoms with E-state index in [9.17, 15) is 4.39 Å². The summed E-state index contributed by atoms with van der Waals surface area (Å²) in [5.41, 5.74) is 2.30. The molecule has 1 N–H and O–H groups in total. The van der Waals surface area contributed by atoms with Crippen molar-refractivity contribution in [1.29, 1.82) is 0 Å². The lowest BCUT2D eigenvalue weighted by Crippen LogP contribution is -2.29. The van der Waals surface area contributed by atoms with Crippen LogP contribution < -0.4 is 10.1 Å². The molecule has 1 aliphatic heterocycles. The second-order valence-corrected chi connectivity index (χ2v) is 5.85. The maximum absolute atomic E-state index is 13.1. The number of benzene rings is 1. The highest BCUT2D eigenvalue weighted by molar-refractivity contribution is 7.10. The molecule has 0 radical (unpaired) electrons. The monoisotopic (exact) mass is 277 g/mol. The Morgan fingerprint density at radius 2 is 2.32 bits per heavy atom. The van der Waals surface area contributed by atoms with Gasteiger partial charge in [0.2, 0.25) is 0 Å². The summed E-state index contributed by atoms with van der Waals surface area (Å²) in [6.07, 6.45) is 0.890. The molecule has 0 bridgehead atoms. The van der Waals surface area contributed by atoms with E-state index < -0.39 is 0 Å². The maximum Gasteiger partial charge on any atom is 0.123 e. The second-order valence-electron chi connectivity index (χ2n) is 4.85. The predicted molar refractivity (Wildman–Crippen MR) is 75.3 cm³/mol. The van der Waals surface area contributed by atoms with Crippen LogP contribution in [0.5, 0.6) is 5.75 Å². The van der Waals surface area contributed by atoms with E-state index >= 15 is 0 Å². The molecule has 0 saturated heterocycles. The molecule has 0 amide bonds. The van der Waals surface area contributed by atoms with Gasteiger partial charge in [0.05, 0.1) is 0 Å². The standard InChI is InChI=1S/C15H16FNOS/c1-10-4-5-19-15(10)9-17-8-13-7-11-6-12(16)2-3-14(11)18-13/h2-6,13,17H,7-9H2,1H3. The Kier molecular flexibility index (Phi) is 3.53. The molecule has 0 spiro atoms. The van der Waals surface area contributed by atoms with Crippen LogP contribution in [0.1, 0.15) is 16.0 Å². The highest BCUT2D eigenvalue weighted by atomic mass is 32.1. The van der Waals surface area contributed by atoms with E-state index in [4.69, 9.17) is 4.74 Å². The lowest BCUT2D eigenvalue weighted by Gasteiger charge is -2.11. The average Bonchev–Trinajstić information content (AvgIpc) is 2.95. The van der Waals surface area contributed by atoms with Crippen molar-refractivity contribution in [2.75, 3.05) is 6.54 Å². The van der Waals surface area contributed by atoms with E-state index in [0.29, 0.717) is 0 Å². The normalized spacial score (nSPS) is 17.3. The van der Waals surface area contributed by atoms with Crippen molar-refractivity contribution in [2.45, 2.75) is 26.0 Å². The van der Waals surface area contributed by atoms with Gasteiger partial charge in [0.1, 0.15) is 17.7 Å². The third kappa shape index (κ3) is 2.80. The summed E-state index contributed by atoms with van der Waals surface area (Å²) in [4.78, 5) is 1.36. The van der Waals surface area contributed by atoms with Gasteiger partial charge in [-0.15, -0.1) is 11.3 Å². The van der Waals surface area contributed by atoms with Crippen LogP contribution in [0.3, 0.4) is 0 Å². The molecule has 0 fully saturated rings. The molecule has 1 aromatic carbocycles. The number of hydrogen-bond donors (Lipinski definition) is 1. The topological polar surface area (TPSA) is 21.3 Å². The van der Waals surface area contributed by atoms with E-state index in [0.717, 1.165) is 30.8 Å². The molecule has 4 heteroatoms. The number of halogens is 1. The van der Waals surface area contributed by atoms with Gasteiger partial charge in [-0.1, -0.05) is 0 Å². The van der Waals surface area contributed by atoms with Crippen molar-refractivity contribution in [1.82, 2.24) is 5.32 Å². The van der Waals surface area contributed by atoms with Crippen LogP contribution in [0.15, 0.2) is 29.6 Å². The summed E-state index contributed by atoms with van der Waals surface area (Å²) in [7, 11) is 0. The quantitative estimate of drug-likeness (QED) is 0.926.